The second-order valence-electron chi connectivity index (χ2n) is 2.62. The van der Waals surface area contributed by atoms with Crippen LogP contribution in [-0.2, 0) is 0 Å². The molecule has 0 heterocycles. The summed E-state index contributed by atoms with van der Waals surface area (Å²) in [6.45, 7) is 0. The molecule has 0 aliphatic rings. The van der Waals surface area contributed by atoms with Gasteiger partial charge >= 0.3 is 11.9 Å². The SMILES string of the molecule is O=C(O)c1c(F)c(F)c(C(=O)O)c(F)c1F.[AlH3]. The lowest BCUT2D eigenvalue weighted by Gasteiger charge is -2.05. The lowest BCUT2D eigenvalue weighted by molar-refractivity contribution is 0.0658. The van der Waals surface area contributed by atoms with Crippen molar-refractivity contribution in [3.8, 4) is 0 Å². The number of carboxylic acids is 2. The van der Waals surface area contributed by atoms with Crippen molar-refractivity contribution < 1.29 is 37.4 Å². The summed E-state index contributed by atoms with van der Waals surface area (Å²) in [6, 6.07) is 0. The van der Waals surface area contributed by atoms with Crippen molar-refractivity contribution in [2.24, 2.45) is 0 Å². The van der Waals surface area contributed by atoms with Crippen molar-refractivity contribution in [2.45, 2.75) is 0 Å². The van der Waals surface area contributed by atoms with Gasteiger partial charge in [0.1, 0.15) is 11.1 Å². The molecule has 0 fully saturated rings. The van der Waals surface area contributed by atoms with E-state index in [2.05, 4.69) is 0 Å². The summed E-state index contributed by atoms with van der Waals surface area (Å²) in [5, 5.41) is 16.5. The van der Waals surface area contributed by atoms with E-state index in [-0.39, 0.29) is 17.4 Å². The molecule has 0 aromatic heterocycles. The van der Waals surface area contributed by atoms with E-state index in [1.807, 2.05) is 0 Å². The molecule has 0 saturated heterocycles. The standard InChI is InChI=1S/C8H2F4O4.Al.3H/c9-3-1(7(13)14)4(10)6(12)2(5(3)11)8(15)16;;;;/h(H,13,14)(H,15,16);;;;. The van der Waals surface area contributed by atoms with Crippen LogP contribution >= 0.6 is 0 Å². The van der Waals surface area contributed by atoms with Crippen LogP contribution in [0.25, 0.3) is 0 Å². The molecular formula is C8H5AlF4O4. The van der Waals surface area contributed by atoms with Crippen molar-refractivity contribution in [2.75, 3.05) is 0 Å². The van der Waals surface area contributed by atoms with Crippen molar-refractivity contribution in [1.29, 1.82) is 0 Å². The minimum absolute atomic E-state index is 0. The predicted molar refractivity (Wildman–Crippen MR) is 50.1 cm³/mol. The van der Waals surface area contributed by atoms with Crippen LogP contribution < -0.4 is 0 Å². The maximum absolute atomic E-state index is 12.9. The Morgan fingerprint density at radius 1 is 0.706 bits per heavy atom. The number of aromatic carboxylic acids is 2. The van der Waals surface area contributed by atoms with Crippen LogP contribution in [0.4, 0.5) is 17.6 Å². The smallest absolute Gasteiger partial charge is 0.341 e. The van der Waals surface area contributed by atoms with Gasteiger partial charge in [-0.05, 0) is 0 Å². The van der Waals surface area contributed by atoms with Crippen molar-refractivity contribution >= 4 is 29.3 Å². The second-order valence-corrected chi connectivity index (χ2v) is 2.62. The fraction of sp³-hybridized carbons (Fsp3) is 0. The van der Waals surface area contributed by atoms with Gasteiger partial charge in [-0.2, -0.15) is 0 Å². The average Bonchev–Trinajstić information content (AvgIpc) is 2.14. The Bertz CT molecular complexity index is 429. The second kappa shape index (κ2) is 5.16. The number of benzene rings is 1. The van der Waals surface area contributed by atoms with Gasteiger partial charge in [-0.3, -0.25) is 0 Å². The highest BCUT2D eigenvalue weighted by atomic mass is 27.0. The first-order chi connectivity index (χ1) is 7.29. The molecule has 0 aliphatic carbocycles. The Morgan fingerprint density at radius 3 is 1.00 bits per heavy atom. The molecule has 1 aromatic carbocycles. The summed E-state index contributed by atoms with van der Waals surface area (Å²) in [7, 11) is 0. The van der Waals surface area contributed by atoms with Gasteiger partial charge in [0.15, 0.2) is 40.6 Å². The molecule has 0 bridgehead atoms. The molecule has 0 spiro atoms. The van der Waals surface area contributed by atoms with E-state index in [4.69, 9.17) is 10.2 Å². The van der Waals surface area contributed by atoms with Gasteiger partial charge in [0, 0.05) is 0 Å². The zero-order valence-electron chi connectivity index (χ0n) is 7.22. The van der Waals surface area contributed by atoms with E-state index in [9.17, 15) is 27.2 Å². The summed E-state index contributed by atoms with van der Waals surface area (Å²) in [5.74, 6) is -13.5. The van der Waals surface area contributed by atoms with Crippen molar-refractivity contribution in [1.82, 2.24) is 0 Å². The molecule has 0 aliphatic heterocycles. The van der Waals surface area contributed by atoms with E-state index in [1.54, 1.807) is 0 Å². The maximum atomic E-state index is 12.9. The molecule has 0 amide bonds. The van der Waals surface area contributed by atoms with E-state index in [1.165, 1.54) is 0 Å². The minimum Gasteiger partial charge on any atom is -0.477 e. The Labute approximate surface area is 102 Å². The summed E-state index contributed by atoms with van der Waals surface area (Å²) < 4.78 is 51.6. The van der Waals surface area contributed by atoms with E-state index < -0.39 is 46.3 Å². The lowest BCUT2D eigenvalue weighted by Crippen LogP contribution is -2.15. The Morgan fingerprint density at radius 2 is 0.882 bits per heavy atom. The topological polar surface area (TPSA) is 74.6 Å². The van der Waals surface area contributed by atoms with Gasteiger partial charge in [-0.15, -0.1) is 0 Å². The Kier molecular flexibility index (Phi) is 4.68. The summed E-state index contributed by atoms with van der Waals surface area (Å²) in [6.07, 6.45) is 0. The van der Waals surface area contributed by atoms with Crippen LogP contribution in [0.1, 0.15) is 20.7 Å². The number of carboxylic acid groups (broad SMARTS) is 2. The molecule has 4 nitrogen and oxygen atoms in total. The van der Waals surface area contributed by atoms with Gasteiger partial charge in [0.25, 0.3) is 0 Å². The lowest BCUT2D eigenvalue weighted by atomic mass is 10.1. The van der Waals surface area contributed by atoms with E-state index in [0.29, 0.717) is 0 Å². The first-order valence-electron chi connectivity index (χ1n) is 3.61. The van der Waals surface area contributed by atoms with Crippen molar-refractivity contribution in [3.05, 3.63) is 34.4 Å². The normalized spacial score (nSPS) is 9.65. The monoisotopic (exact) mass is 268 g/mol. The fourth-order valence-electron chi connectivity index (χ4n) is 1.01. The predicted octanol–water partition coefficient (Wildman–Crippen LogP) is 0.456. The average molecular weight is 268 g/mol. The third-order valence-electron chi connectivity index (χ3n) is 1.69. The molecule has 17 heavy (non-hydrogen) atoms. The molecule has 92 valence electrons. The molecule has 9 heteroatoms. The number of rotatable bonds is 2. The molecule has 0 radical (unpaired) electrons. The molecule has 1 aromatic rings. The third-order valence-corrected chi connectivity index (χ3v) is 1.69. The highest BCUT2D eigenvalue weighted by Gasteiger charge is 2.31. The zero-order chi connectivity index (χ0) is 12.6. The van der Waals surface area contributed by atoms with Gasteiger partial charge in [-0.1, -0.05) is 0 Å². The van der Waals surface area contributed by atoms with E-state index >= 15 is 0 Å². The number of halogens is 4. The molecule has 0 saturated carbocycles. The van der Waals surface area contributed by atoms with Crippen LogP contribution in [0.3, 0.4) is 0 Å². The zero-order valence-corrected chi connectivity index (χ0v) is 7.22. The first kappa shape index (κ1) is 15.4. The number of hydrogen-bond acceptors (Lipinski definition) is 2. The molecule has 1 rings (SSSR count). The van der Waals surface area contributed by atoms with Gasteiger partial charge in [0.2, 0.25) is 0 Å². The number of carbonyl (C=O) groups is 2. The van der Waals surface area contributed by atoms with Crippen molar-refractivity contribution in [3.63, 3.8) is 0 Å². The molecule has 0 unspecified atom stereocenters. The van der Waals surface area contributed by atoms with Crippen LogP contribution in [0.5, 0.6) is 0 Å². The highest BCUT2D eigenvalue weighted by Crippen LogP contribution is 2.24. The minimum atomic E-state index is -2.26. The molecular weight excluding hydrogens is 263 g/mol. The van der Waals surface area contributed by atoms with E-state index in [0.717, 1.165) is 0 Å². The van der Waals surface area contributed by atoms with Gasteiger partial charge < -0.3 is 10.2 Å². The number of hydrogen-bond donors (Lipinski definition) is 2. The molecule has 2 N–H and O–H groups in total. The first-order valence-corrected chi connectivity index (χ1v) is 3.61. The third kappa shape index (κ3) is 2.40. The Hall–Kier alpha value is -1.59. The fourth-order valence-corrected chi connectivity index (χ4v) is 1.01. The van der Waals surface area contributed by atoms with Crippen LogP contribution in [-0.4, -0.2) is 39.5 Å². The van der Waals surface area contributed by atoms with Crippen LogP contribution in [0, 0.1) is 23.3 Å². The summed E-state index contributed by atoms with van der Waals surface area (Å²) >= 11 is 0. The quantitative estimate of drug-likeness (QED) is 0.464. The van der Waals surface area contributed by atoms with Crippen LogP contribution in [0.15, 0.2) is 0 Å². The van der Waals surface area contributed by atoms with Gasteiger partial charge in [-0.25, -0.2) is 27.2 Å². The summed E-state index contributed by atoms with van der Waals surface area (Å²) in [4.78, 5) is 20.5. The largest absolute Gasteiger partial charge is 0.477 e. The van der Waals surface area contributed by atoms with Crippen LogP contribution in [0.2, 0.25) is 0 Å². The molecule has 0 atom stereocenters. The Balaban J connectivity index is 0.00000256. The van der Waals surface area contributed by atoms with Gasteiger partial charge in [0.05, 0.1) is 0 Å². The highest BCUT2D eigenvalue weighted by molar-refractivity contribution is 5.92. The summed E-state index contributed by atoms with van der Waals surface area (Å²) in [5.41, 5.74) is -3.75. The maximum Gasteiger partial charge on any atom is 0.341 e.